The molecule has 0 aliphatic rings. The molecule has 0 radical (unpaired) electrons. The molecule has 0 amide bonds. The van der Waals surface area contributed by atoms with Crippen LogP contribution in [0.3, 0.4) is 0 Å². The van der Waals surface area contributed by atoms with E-state index in [0.717, 1.165) is 0 Å². The number of carboxylic acids is 4. The summed E-state index contributed by atoms with van der Waals surface area (Å²) < 4.78 is 0. The molecule has 0 atom stereocenters. The standard InChI is InChI=1S/2C8H10O4.2Mg/c2*1-2-3-4-6(8(11)12)5-7(9)10;;/h2*3-5H,2H2,1H3,(H,9,10)(H,11,12);;/q;;2*+2/p-4/b2*4-3?,6-5-;;. The molecule has 0 saturated heterocycles. The molecule has 0 rings (SSSR count). The minimum Gasteiger partial charge on any atom is -0.545 e. The van der Waals surface area contributed by atoms with E-state index in [-0.39, 0.29) is 46.1 Å². The summed E-state index contributed by atoms with van der Waals surface area (Å²) in [6.07, 6.45) is 7.60. The zero-order chi connectivity index (χ0) is 19.1. The first-order valence-corrected chi connectivity index (χ1v) is 6.76. The van der Waals surface area contributed by atoms with Crippen molar-refractivity contribution in [3.8, 4) is 0 Å². The Morgan fingerprint density at radius 3 is 1.08 bits per heavy atom. The van der Waals surface area contributed by atoms with Crippen LogP contribution in [0.2, 0.25) is 0 Å². The third-order valence-corrected chi connectivity index (χ3v) is 2.08. The summed E-state index contributed by atoms with van der Waals surface area (Å²) in [4.78, 5) is 40.4. The topological polar surface area (TPSA) is 161 Å². The average molecular weight is 385 g/mol. The molecule has 0 aliphatic heterocycles. The van der Waals surface area contributed by atoms with Crippen LogP contribution in [0.5, 0.6) is 0 Å². The van der Waals surface area contributed by atoms with Crippen LogP contribution in [0.4, 0.5) is 0 Å². The van der Waals surface area contributed by atoms with E-state index in [0.29, 0.717) is 25.0 Å². The SMILES string of the molecule is CCC=C/C(=C/C(=O)[O-])C(=O)[O-].CCC=C/C(=C/C(=O)[O-])C(=O)[O-].[Mg+2].[Mg+2]. The fourth-order valence-corrected chi connectivity index (χ4v) is 1.09. The second kappa shape index (κ2) is 19.7. The molecule has 0 aromatic rings. The summed E-state index contributed by atoms with van der Waals surface area (Å²) in [7, 11) is 0. The molecule has 8 nitrogen and oxygen atoms in total. The molecule has 0 N–H and O–H groups in total. The van der Waals surface area contributed by atoms with Crippen LogP contribution in [0.25, 0.3) is 0 Å². The first-order chi connectivity index (χ1) is 11.1. The van der Waals surface area contributed by atoms with E-state index < -0.39 is 35.0 Å². The molecule has 10 heteroatoms. The molecule has 0 unspecified atom stereocenters. The Hall–Kier alpha value is -1.63. The van der Waals surface area contributed by atoms with E-state index in [2.05, 4.69) is 0 Å². The monoisotopic (exact) mass is 384 g/mol. The van der Waals surface area contributed by atoms with Gasteiger partial charge in [0.15, 0.2) is 0 Å². The average Bonchev–Trinajstić information content (AvgIpc) is 2.47. The summed E-state index contributed by atoms with van der Waals surface area (Å²) in [5.41, 5.74) is -0.784. The number of hydrogen-bond acceptors (Lipinski definition) is 8. The maximum atomic E-state index is 10.2. The Kier molecular flexibility index (Phi) is 24.3. The van der Waals surface area contributed by atoms with Crippen LogP contribution in [0.1, 0.15) is 26.7 Å². The van der Waals surface area contributed by atoms with Crippen LogP contribution in [-0.2, 0) is 19.2 Å². The van der Waals surface area contributed by atoms with Crippen LogP contribution >= 0.6 is 0 Å². The number of carbonyl (C=O) groups is 4. The van der Waals surface area contributed by atoms with Crippen molar-refractivity contribution >= 4 is 70.0 Å². The number of rotatable bonds is 8. The van der Waals surface area contributed by atoms with Gasteiger partial charge in [-0.15, -0.1) is 0 Å². The fourth-order valence-electron chi connectivity index (χ4n) is 1.09. The molecular formula is C16H16Mg2O8. The zero-order valence-electron chi connectivity index (χ0n) is 14.6. The minimum atomic E-state index is -1.55. The van der Waals surface area contributed by atoms with Gasteiger partial charge in [-0.3, -0.25) is 0 Å². The molecule has 0 aliphatic carbocycles. The number of aliphatic carboxylic acids is 4. The van der Waals surface area contributed by atoms with Gasteiger partial charge in [-0.2, -0.15) is 0 Å². The molecule has 26 heavy (non-hydrogen) atoms. The van der Waals surface area contributed by atoms with Crippen molar-refractivity contribution in [2.45, 2.75) is 26.7 Å². The van der Waals surface area contributed by atoms with Crippen molar-refractivity contribution in [3.63, 3.8) is 0 Å². The second-order valence-corrected chi connectivity index (χ2v) is 4.03. The zero-order valence-corrected chi connectivity index (χ0v) is 17.4. The quantitative estimate of drug-likeness (QED) is 0.232. The number of allylic oxidation sites excluding steroid dienone is 2. The van der Waals surface area contributed by atoms with Crippen molar-refractivity contribution in [2.24, 2.45) is 0 Å². The third-order valence-electron chi connectivity index (χ3n) is 2.08. The van der Waals surface area contributed by atoms with Gasteiger partial charge in [0.2, 0.25) is 0 Å². The van der Waals surface area contributed by atoms with Crippen molar-refractivity contribution in [1.29, 1.82) is 0 Å². The second-order valence-electron chi connectivity index (χ2n) is 4.03. The molecule has 0 aromatic carbocycles. The fraction of sp³-hybridized carbons (Fsp3) is 0.250. The number of carboxylic acid groups (broad SMARTS) is 4. The summed E-state index contributed by atoms with van der Waals surface area (Å²) in [6.45, 7) is 3.59. The Bertz CT molecular complexity index is 537. The van der Waals surface area contributed by atoms with Crippen LogP contribution < -0.4 is 20.4 Å². The van der Waals surface area contributed by atoms with Gasteiger partial charge in [0, 0.05) is 0 Å². The van der Waals surface area contributed by atoms with Crippen LogP contribution in [0, 0.1) is 0 Å². The first-order valence-electron chi connectivity index (χ1n) is 6.76. The van der Waals surface area contributed by atoms with Crippen molar-refractivity contribution < 1.29 is 39.6 Å². The number of hydrogen-bond donors (Lipinski definition) is 0. The molecule has 0 spiro atoms. The molecule has 0 saturated carbocycles. The first kappa shape index (κ1) is 32.1. The molecule has 0 heterocycles. The summed E-state index contributed by atoms with van der Waals surface area (Å²) in [6, 6.07) is 0. The van der Waals surface area contributed by atoms with Crippen LogP contribution in [-0.4, -0.2) is 70.0 Å². The van der Waals surface area contributed by atoms with E-state index in [4.69, 9.17) is 0 Å². The Balaban J connectivity index is -0.000000173. The van der Waals surface area contributed by atoms with Gasteiger partial charge in [-0.25, -0.2) is 0 Å². The Labute approximate surface area is 183 Å². The Morgan fingerprint density at radius 1 is 0.654 bits per heavy atom. The number of carbonyl (C=O) groups excluding carboxylic acids is 4. The summed E-state index contributed by atoms with van der Waals surface area (Å²) in [5.74, 6) is -6.14. The smallest absolute Gasteiger partial charge is 0.545 e. The van der Waals surface area contributed by atoms with Gasteiger partial charge < -0.3 is 39.6 Å². The molecule has 132 valence electrons. The normalized spacial score (nSPS) is 11.0. The molecule has 0 bridgehead atoms. The van der Waals surface area contributed by atoms with Crippen molar-refractivity contribution in [1.82, 2.24) is 0 Å². The van der Waals surface area contributed by atoms with Gasteiger partial charge in [0.1, 0.15) is 0 Å². The molecular weight excluding hydrogens is 369 g/mol. The van der Waals surface area contributed by atoms with Crippen molar-refractivity contribution in [3.05, 3.63) is 47.6 Å². The van der Waals surface area contributed by atoms with Gasteiger partial charge in [0.25, 0.3) is 0 Å². The van der Waals surface area contributed by atoms with Gasteiger partial charge >= 0.3 is 46.1 Å². The van der Waals surface area contributed by atoms with E-state index in [9.17, 15) is 39.6 Å². The van der Waals surface area contributed by atoms with Crippen LogP contribution in [0.15, 0.2) is 47.6 Å². The van der Waals surface area contributed by atoms with Gasteiger partial charge in [-0.1, -0.05) is 38.2 Å². The predicted molar refractivity (Wildman–Crippen MR) is 86.6 cm³/mol. The third kappa shape index (κ3) is 20.4. The Morgan fingerprint density at radius 2 is 0.923 bits per heavy atom. The summed E-state index contributed by atoms with van der Waals surface area (Å²) in [5, 5.41) is 40.4. The van der Waals surface area contributed by atoms with Gasteiger partial charge in [-0.05, 0) is 36.1 Å². The maximum Gasteiger partial charge on any atom is 2.00 e. The van der Waals surface area contributed by atoms with Crippen molar-refractivity contribution in [2.75, 3.05) is 0 Å². The van der Waals surface area contributed by atoms with E-state index in [1.54, 1.807) is 13.8 Å². The largest absolute Gasteiger partial charge is 2.00 e. The minimum absolute atomic E-state index is 0. The van der Waals surface area contributed by atoms with E-state index in [1.165, 1.54) is 24.3 Å². The maximum absolute atomic E-state index is 10.2. The van der Waals surface area contributed by atoms with E-state index in [1.807, 2.05) is 0 Å². The van der Waals surface area contributed by atoms with E-state index >= 15 is 0 Å². The summed E-state index contributed by atoms with van der Waals surface area (Å²) >= 11 is 0. The van der Waals surface area contributed by atoms with Gasteiger partial charge in [0.05, 0.1) is 23.9 Å². The predicted octanol–water partition coefficient (Wildman–Crippen LogP) is -4.00. The molecule has 0 fully saturated rings. The molecule has 0 aromatic heterocycles.